The number of para-hydroxylation sites is 1. The highest BCUT2D eigenvalue weighted by atomic mass is 16.6. The summed E-state index contributed by atoms with van der Waals surface area (Å²) in [5.74, 6) is 1.33. The number of furan rings is 1. The Morgan fingerprint density at radius 1 is 1.31 bits per heavy atom. The van der Waals surface area contributed by atoms with Gasteiger partial charge in [0, 0.05) is 18.7 Å². The molecule has 1 aromatic heterocycles. The highest BCUT2D eigenvalue weighted by Crippen LogP contribution is 2.30. The fourth-order valence-corrected chi connectivity index (χ4v) is 3.38. The third kappa shape index (κ3) is 4.59. The lowest BCUT2D eigenvalue weighted by molar-refractivity contribution is -0.384. The van der Waals surface area contributed by atoms with Crippen molar-refractivity contribution in [1.29, 1.82) is 0 Å². The van der Waals surface area contributed by atoms with Crippen molar-refractivity contribution in [2.45, 2.75) is 32.4 Å². The summed E-state index contributed by atoms with van der Waals surface area (Å²) in [6, 6.07) is 10.8. The van der Waals surface area contributed by atoms with Crippen molar-refractivity contribution in [3.63, 3.8) is 0 Å². The number of nitro groups is 1. The molecule has 0 bridgehead atoms. The Bertz CT molecular complexity index is 776. The van der Waals surface area contributed by atoms with Crippen LogP contribution in [0.4, 0.5) is 5.69 Å². The Balaban J connectivity index is 1.55. The Labute approximate surface area is 153 Å². The van der Waals surface area contributed by atoms with Crippen LogP contribution in [0.15, 0.2) is 53.0 Å². The second-order valence-electron chi connectivity index (χ2n) is 6.93. The maximum Gasteiger partial charge on any atom is 0.280 e. The molecule has 2 aromatic rings. The van der Waals surface area contributed by atoms with Gasteiger partial charge in [-0.15, -0.1) is 0 Å². The van der Waals surface area contributed by atoms with E-state index < -0.39 is 0 Å². The second-order valence-corrected chi connectivity index (χ2v) is 6.93. The highest BCUT2D eigenvalue weighted by Gasteiger charge is 2.20. The molecule has 0 radical (unpaired) electrons. The summed E-state index contributed by atoms with van der Waals surface area (Å²) in [5, 5.41) is 14.7. The summed E-state index contributed by atoms with van der Waals surface area (Å²) in [4.78, 5) is 13.2. The first-order valence-electron chi connectivity index (χ1n) is 8.95. The minimum Gasteiger partial charge on any atom is -0.459 e. The number of hydrogen-bond acceptors (Lipinski definition) is 5. The van der Waals surface area contributed by atoms with Crippen LogP contribution in [0.1, 0.15) is 25.5 Å². The lowest BCUT2D eigenvalue weighted by Gasteiger charge is -2.32. The van der Waals surface area contributed by atoms with Crippen LogP contribution < -0.4 is 5.32 Å². The van der Waals surface area contributed by atoms with E-state index in [4.69, 9.17) is 4.42 Å². The minimum absolute atomic E-state index is 0.0613. The summed E-state index contributed by atoms with van der Waals surface area (Å²) in [5.41, 5.74) is 1.78. The van der Waals surface area contributed by atoms with Gasteiger partial charge in [0.15, 0.2) is 0 Å². The first kappa shape index (κ1) is 18.4. The highest BCUT2D eigenvalue weighted by molar-refractivity contribution is 5.69. The molecule has 0 atom stereocenters. The van der Waals surface area contributed by atoms with Gasteiger partial charge in [0.05, 0.1) is 17.0 Å². The normalized spacial score (nSPS) is 15.9. The largest absolute Gasteiger partial charge is 0.459 e. The first-order chi connectivity index (χ1) is 12.5. The van der Waals surface area contributed by atoms with Crippen LogP contribution in [-0.4, -0.2) is 35.5 Å². The van der Waals surface area contributed by atoms with Crippen molar-refractivity contribution in [2.24, 2.45) is 0 Å². The van der Waals surface area contributed by atoms with E-state index in [0.29, 0.717) is 23.9 Å². The molecule has 1 fully saturated rings. The summed E-state index contributed by atoms with van der Waals surface area (Å²) >= 11 is 0. The fraction of sp³-hybridized carbons (Fsp3) is 0.400. The van der Waals surface area contributed by atoms with Crippen molar-refractivity contribution < 1.29 is 9.34 Å². The molecule has 0 saturated carbocycles. The van der Waals surface area contributed by atoms with Gasteiger partial charge < -0.3 is 9.73 Å². The number of nitrogens with zero attached hydrogens (tertiary/aromatic N) is 2. The molecule has 26 heavy (non-hydrogen) atoms. The van der Waals surface area contributed by atoms with Crippen LogP contribution in [0.2, 0.25) is 0 Å². The minimum atomic E-state index is -0.380. The summed E-state index contributed by atoms with van der Waals surface area (Å²) in [6.45, 7) is 9.80. The van der Waals surface area contributed by atoms with E-state index in [2.05, 4.69) is 23.7 Å². The van der Waals surface area contributed by atoms with Crippen LogP contribution in [-0.2, 0) is 6.54 Å². The van der Waals surface area contributed by atoms with Gasteiger partial charge in [0.2, 0.25) is 0 Å². The van der Waals surface area contributed by atoms with E-state index in [9.17, 15) is 10.1 Å². The number of piperidine rings is 1. The SMILES string of the molecule is C=C(C)CN1CCC(NCc2ccc(-c3ccccc3[N+](=O)[O-])o2)CC1. The average molecular weight is 355 g/mol. The van der Waals surface area contributed by atoms with E-state index in [0.717, 1.165) is 38.2 Å². The number of nitro benzene ring substituents is 1. The molecule has 1 N–H and O–H groups in total. The quantitative estimate of drug-likeness (QED) is 0.462. The number of likely N-dealkylation sites (tertiary alicyclic amines) is 1. The molecule has 1 aromatic carbocycles. The van der Waals surface area contributed by atoms with E-state index >= 15 is 0 Å². The van der Waals surface area contributed by atoms with Crippen molar-refractivity contribution >= 4 is 5.69 Å². The molecule has 3 rings (SSSR count). The van der Waals surface area contributed by atoms with Crippen LogP contribution in [0, 0.1) is 10.1 Å². The molecule has 6 nitrogen and oxygen atoms in total. The Morgan fingerprint density at radius 2 is 2.04 bits per heavy atom. The lowest BCUT2D eigenvalue weighted by atomic mass is 10.0. The Morgan fingerprint density at radius 3 is 2.73 bits per heavy atom. The third-order valence-corrected chi connectivity index (χ3v) is 4.67. The predicted molar refractivity (Wildman–Crippen MR) is 102 cm³/mol. The molecule has 1 saturated heterocycles. The predicted octanol–water partition coefficient (Wildman–Crippen LogP) is 3.98. The van der Waals surface area contributed by atoms with E-state index in [1.807, 2.05) is 6.07 Å². The van der Waals surface area contributed by atoms with Crippen molar-refractivity contribution in [3.05, 3.63) is 64.4 Å². The van der Waals surface area contributed by atoms with Crippen LogP contribution in [0.5, 0.6) is 0 Å². The van der Waals surface area contributed by atoms with E-state index in [-0.39, 0.29) is 10.6 Å². The van der Waals surface area contributed by atoms with Crippen molar-refractivity contribution in [1.82, 2.24) is 10.2 Å². The van der Waals surface area contributed by atoms with Crippen LogP contribution >= 0.6 is 0 Å². The van der Waals surface area contributed by atoms with E-state index in [1.54, 1.807) is 24.3 Å². The van der Waals surface area contributed by atoms with Gasteiger partial charge in [-0.1, -0.05) is 24.3 Å². The van der Waals surface area contributed by atoms with Crippen molar-refractivity contribution in [2.75, 3.05) is 19.6 Å². The molecule has 0 aliphatic carbocycles. The van der Waals surface area contributed by atoms with Gasteiger partial charge in [0.25, 0.3) is 5.69 Å². The molecule has 1 aliphatic rings. The average Bonchev–Trinajstić information content (AvgIpc) is 3.09. The summed E-state index contributed by atoms with van der Waals surface area (Å²) < 4.78 is 5.84. The molecule has 0 spiro atoms. The Kier molecular flexibility index (Phi) is 5.85. The fourth-order valence-electron chi connectivity index (χ4n) is 3.38. The zero-order valence-electron chi connectivity index (χ0n) is 15.1. The first-order valence-corrected chi connectivity index (χ1v) is 8.95. The Hall–Kier alpha value is -2.44. The number of rotatable bonds is 7. The van der Waals surface area contributed by atoms with E-state index in [1.165, 1.54) is 11.6 Å². The van der Waals surface area contributed by atoms with Gasteiger partial charge in [-0.25, -0.2) is 0 Å². The van der Waals surface area contributed by atoms with Gasteiger partial charge >= 0.3 is 0 Å². The second kappa shape index (κ2) is 8.29. The maximum absolute atomic E-state index is 11.2. The number of hydrogen-bond donors (Lipinski definition) is 1. The van der Waals surface area contributed by atoms with Gasteiger partial charge in [-0.3, -0.25) is 15.0 Å². The number of benzene rings is 1. The van der Waals surface area contributed by atoms with Crippen LogP contribution in [0.3, 0.4) is 0 Å². The summed E-state index contributed by atoms with van der Waals surface area (Å²) in [7, 11) is 0. The molecule has 1 aliphatic heterocycles. The lowest BCUT2D eigenvalue weighted by Crippen LogP contribution is -2.42. The van der Waals surface area contributed by atoms with Gasteiger partial charge in [0.1, 0.15) is 11.5 Å². The zero-order chi connectivity index (χ0) is 18.5. The van der Waals surface area contributed by atoms with Gasteiger partial charge in [-0.2, -0.15) is 0 Å². The van der Waals surface area contributed by atoms with Gasteiger partial charge in [-0.05, 0) is 51.1 Å². The standard InChI is InChI=1S/C20H25N3O3/c1-15(2)14-22-11-9-16(10-12-22)21-13-17-7-8-20(26-17)18-5-3-4-6-19(18)23(24)25/h3-8,16,21H,1,9-14H2,2H3. The topological polar surface area (TPSA) is 71.5 Å². The smallest absolute Gasteiger partial charge is 0.280 e. The zero-order valence-corrected chi connectivity index (χ0v) is 15.1. The molecule has 0 unspecified atom stereocenters. The molecular formula is C20H25N3O3. The molecular weight excluding hydrogens is 330 g/mol. The summed E-state index contributed by atoms with van der Waals surface area (Å²) in [6.07, 6.45) is 2.20. The molecule has 0 amide bonds. The molecule has 2 heterocycles. The number of nitrogens with one attached hydrogen (secondary N) is 1. The molecule has 6 heteroatoms. The monoisotopic (exact) mass is 355 g/mol. The maximum atomic E-state index is 11.2. The molecule has 138 valence electrons. The van der Waals surface area contributed by atoms with Crippen molar-refractivity contribution in [3.8, 4) is 11.3 Å². The third-order valence-electron chi connectivity index (χ3n) is 4.67. The van der Waals surface area contributed by atoms with Crippen LogP contribution in [0.25, 0.3) is 11.3 Å².